The quantitative estimate of drug-likeness (QED) is 0.657. The Morgan fingerprint density at radius 3 is 2.82 bits per heavy atom. The number of carbonyl (C=O) groups excluding carboxylic acids is 1. The minimum atomic E-state index is -0.489. The summed E-state index contributed by atoms with van der Waals surface area (Å²) in [6.45, 7) is 5.48. The van der Waals surface area contributed by atoms with E-state index >= 15 is 0 Å². The van der Waals surface area contributed by atoms with E-state index in [0.29, 0.717) is 11.5 Å². The van der Waals surface area contributed by atoms with Crippen molar-refractivity contribution in [2.45, 2.75) is 32.7 Å². The second-order valence-corrected chi connectivity index (χ2v) is 5.60. The van der Waals surface area contributed by atoms with Crippen molar-refractivity contribution in [1.82, 2.24) is 10.6 Å². The molecule has 122 valence electrons. The number of aryl methyl sites for hydroxylation is 1. The third kappa shape index (κ3) is 4.18. The summed E-state index contributed by atoms with van der Waals surface area (Å²) in [5.74, 6) is -0.00459. The smallest absolute Gasteiger partial charge is 0.285 e. The molecule has 2 unspecified atom stereocenters. The number of carbonyl (C=O) groups is 1. The van der Waals surface area contributed by atoms with E-state index in [-0.39, 0.29) is 35.6 Å². The van der Waals surface area contributed by atoms with Crippen molar-refractivity contribution in [3.05, 3.63) is 39.4 Å². The predicted molar refractivity (Wildman–Crippen MR) is 87.6 cm³/mol. The molecule has 0 aromatic heterocycles. The molecule has 1 fully saturated rings. The summed E-state index contributed by atoms with van der Waals surface area (Å²) in [6, 6.07) is 4.81. The molecule has 1 amide bonds. The van der Waals surface area contributed by atoms with Crippen molar-refractivity contribution < 1.29 is 9.72 Å². The van der Waals surface area contributed by atoms with Gasteiger partial charge in [0.2, 0.25) is 0 Å². The molecule has 6 nitrogen and oxygen atoms in total. The van der Waals surface area contributed by atoms with Gasteiger partial charge in [0, 0.05) is 11.6 Å². The number of nitro benzene ring substituents is 1. The Balaban J connectivity index is 0.00000242. The van der Waals surface area contributed by atoms with Gasteiger partial charge in [0.1, 0.15) is 5.56 Å². The van der Waals surface area contributed by atoms with Crippen LogP contribution in [0.5, 0.6) is 0 Å². The van der Waals surface area contributed by atoms with Crippen LogP contribution in [0.2, 0.25) is 0 Å². The molecule has 2 atom stereocenters. The van der Waals surface area contributed by atoms with Crippen LogP contribution < -0.4 is 10.6 Å². The number of nitrogens with one attached hydrogen (secondary N) is 2. The maximum atomic E-state index is 12.3. The molecule has 1 saturated heterocycles. The molecule has 0 radical (unpaired) electrons. The van der Waals surface area contributed by atoms with Gasteiger partial charge in [-0.15, -0.1) is 12.4 Å². The van der Waals surface area contributed by atoms with Crippen LogP contribution >= 0.6 is 12.4 Å². The SMILES string of the molecule is Cc1cccc(C(=O)NC(C)C2CCCNC2)c1[N+](=O)[O-].Cl. The van der Waals surface area contributed by atoms with Gasteiger partial charge in [0.15, 0.2) is 0 Å². The van der Waals surface area contributed by atoms with Crippen molar-refractivity contribution in [1.29, 1.82) is 0 Å². The lowest BCUT2D eigenvalue weighted by Gasteiger charge is -2.28. The number of para-hydroxylation sites is 1. The first kappa shape index (κ1) is 18.4. The first-order valence-electron chi connectivity index (χ1n) is 7.26. The normalized spacial score (nSPS) is 18.9. The van der Waals surface area contributed by atoms with Crippen LogP contribution in [0.15, 0.2) is 18.2 Å². The van der Waals surface area contributed by atoms with Crippen molar-refractivity contribution in [2.75, 3.05) is 13.1 Å². The Labute approximate surface area is 136 Å². The summed E-state index contributed by atoms with van der Waals surface area (Å²) in [4.78, 5) is 23.0. The van der Waals surface area contributed by atoms with E-state index < -0.39 is 4.92 Å². The van der Waals surface area contributed by atoms with Crippen LogP contribution in [0.4, 0.5) is 5.69 Å². The van der Waals surface area contributed by atoms with E-state index in [1.807, 2.05) is 6.92 Å². The minimum Gasteiger partial charge on any atom is -0.349 e. The second-order valence-electron chi connectivity index (χ2n) is 5.60. The maximum absolute atomic E-state index is 12.3. The molecular weight excluding hydrogens is 306 g/mol. The van der Waals surface area contributed by atoms with Gasteiger partial charge in [-0.3, -0.25) is 14.9 Å². The number of nitro groups is 1. The average molecular weight is 328 g/mol. The zero-order valence-corrected chi connectivity index (χ0v) is 13.6. The highest BCUT2D eigenvalue weighted by Gasteiger charge is 2.26. The van der Waals surface area contributed by atoms with E-state index in [1.165, 1.54) is 6.07 Å². The first-order valence-corrected chi connectivity index (χ1v) is 7.26. The summed E-state index contributed by atoms with van der Waals surface area (Å²) in [7, 11) is 0. The number of hydrogen-bond acceptors (Lipinski definition) is 4. The monoisotopic (exact) mass is 327 g/mol. The molecule has 2 rings (SSSR count). The molecule has 0 bridgehead atoms. The number of nitrogens with zero attached hydrogens (tertiary/aromatic N) is 1. The molecule has 1 heterocycles. The third-order valence-corrected chi connectivity index (χ3v) is 4.07. The van der Waals surface area contributed by atoms with Crippen LogP contribution in [0.1, 0.15) is 35.7 Å². The lowest BCUT2D eigenvalue weighted by molar-refractivity contribution is -0.385. The fourth-order valence-corrected chi connectivity index (χ4v) is 2.79. The first-order chi connectivity index (χ1) is 10.0. The Kier molecular flexibility index (Phi) is 6.77. The van der Waals surface area contributed by atoms with Gasteiger partial charge in [-0.05, 0) is 51.8 Å². The number of hydrogen-bond donors (Lipinski definition) is 2. The number of amides is 1. The van der Waals surface area contributed by atoms with Gasteiger partial charge in [0.25, 0.3) is 11.6 Å². The van der Waals surface area contributed by atoms with Crippen molar-refractivity contribution in [2.24, 2.45) is 5.92 Å². The van der Waals surface area contributed by atoms with Gasteiger partial charge in [-0.2, -0.15) is 0 Å². The summed E-state index contributed by atoms with van der Waals surface area (Å²) in [6.07, 6.45) is 2.15. The number of piperidine rings is 1. The lowest BCUT2D eigenvalue weighted by Crippen LogP contribution is -2.44. The molecular formula is C15H22ClN3O3. The van der Waals surface area contributed by atoms with E-state index in [4.69, 9.17) is 0 Å². The average Bonchev–Trinajstić information content (AvgIpc) is 2.47. The van der Waals surface area contributed by atoms with Gasteiger partial charge < -0.3 is 10.6 Å². The predicted octanol–water partition coefficient (Wildman–Crippen LogP) is 2.44. The zero-order chi connectivity index (χ0) is 15.4. The van der Waals surface area contributed by atoms with Gasteiger partial charge in [-0.25, -0.2) is 0 Å². The van der Waals surface area contributed by atoms with Gasteiger partial charge >= 0.3 is 0 Å². The van der Waals surface area contributed by atoms with E-state index in [0.717, 1.165) is 25.9 Å². The Morgan fingerprint density at radius 2 is 2.23 bits per heavy atom. The van der Waals surface area contributed by atoms with Gasteiger partial charge in [-0.1, -0.05) is 12.1 Å². The van der Waals surface area contributed by atoms with Crippen LogP contribution in [0.3, 0.4) is 0 Å². The second kappa shape index (κ2) is 8.10. The van der Waals surface area contributed by atoms with E-state index in [2.05, 4.69) is 10.6 Å². The fourth-order valence-electron chi connectivity index (χ4n) is 2.79. The van der Waals surface area contributed by atoms with Crippen molar-refractivity contribution >= 4 is 24.0 Å². The standard InChI is InChI=1S/C15H21N3O3.ClH/c1-10-5-3-7-13(14(10)18(20)21)15(19)17-11(2)12-6-4-8-16-9-12;/h3,5,7,11-12,16H,4,6,8-9H2,1-2H3,(H,17,19);1H. The summed E-state index contributed by atoms with van der Waals surface area (Å²) in [5, 5.41) is 17.4. The maximum Gasteiger partial charge on any atom is 0.285 e. The number of halogens is 1. The van der Waals surface area contributed by atoms with Crippen LogP contribution in [0.25, 0.3) is 0 Å². The van der Waals surface area contributed by atoms with E-state index in [1.54, 1.807) is 19.1 Å². The largest absolute Gasteiger partial charge is 0.349 e. The Morgan fingerprint density at radius 1 is 1.50 bits per heavy atom. The van der Waals surface area contributed by atoms with Crippen LogP contribution in [-0.2, 0) is 0 Å². The Hall–Kier alpha value is -1.66. The topological polar surface area (TPSA) is 84.3 Å². The highest BCUT2D eigenvalue weighted by Crippen LogP contribution is 2.23. The van der Waals surface area contributed by atoms with Crippen molar-refractivity contribution in [3.63, 3.8) is 0 Å². The number of rotatable bonds is 4. The molecule has 1 aliphatic rings. The van der Waals surface area contributed by atoms with Crippen molar-refractivity contribution in [3.8, 4) is 0 Å². The van der Waals surface area contributed by atoms with E-state index in [9.17, 15) is 14.9 Å². The summed E-state index contributed by atoms with van der Waals surface area (Å²) >= 11 is 0. The summed E-state index contributed by atoms with van der Waals surface area (Å²) < 4.78 is 0. The number of benzene rings is 1. The van der Waals surface area contributed by atoms with Crippen LogP contribution in [0, 0.1) is 23.0 Å². The Bertz CT molecular complexity index is 545. The third-order valence-electron chi connectivity index (χ3n) is 4.07. The molecule has 2 N–H and O–H groups in total. The molecule has 1 aromatic carbocycles. The molecule has 7 heteroatoms. The van der Waals surface area contributed by atoms with Crippen LogP contribution in [-0.4, -0.2) is 30.0 Å². The zero-order valence-electron chi connectivity index (χ0n) is 12.8. The highest BCUT2D eigenvalue weighted by molar-refractivity contribution is 5.98. The minimum absolute atomic E-state index is 0. The lowest BCUT2D eigenvalue weighted by atomic mass is 9.92. The highest BCUT2D eigenvalue weighted by atomic mass is 35.5. The molecule has 1 aromatic rings. The summed E-state index contributed by atoms with van der Waals surface area (Å²) in [5.41, 5.74) is 0.527. The molecule has 0 spiro atoms. The van der Waals surface area contributed by atoms with Gasteiger partial charge in [0.05, 0.1) is 4.92 Å². The molecule has 22 heavy (non-hydrogen) atoms. The molecule has 1 aliphatic heterocycles. The molecule has 0 saturated carbocycles. The fraction of sp³-hybridized carbons (Fsp3) is 0.533. The molecule has 0 aliphatic carbocycles.